The van der Waals surface area contributed by atoms with Gasteiger partial charge < -0.3 is 14.9 Å². The van der Waals surface area contributed by atoms with Crippen molar-refractivity contribution in [1.82, 2.24) is 20.3 Å². The van der Waals surface area contributed by atoms with E-state index in [-0.39, 0.29) is 18.0 Å². The molecule has 1 unspecified atom stereocenters. The molecule has 0 spiro atoms. The molecular formula is C16H22N4O4. The first-order valence-corrected chi connectivity index (χ1v) is 7.68. The summed E-state index contributed by atoms with van der Waals surface area (Å²) in [4.78, 5) is 23.4. The van der Waals surface area contributed by atoms with Gasteiger partial charge in [-0.15, -0.1) is 0 Å². The Morgan fingerprint density at radius 3 is 2.71 bits per heavy atom. The lowest BCUT2D eigenvalue weighted by Crippen LogP contribution is -2.51. The van der Waals surface area contributed by atoms with Crippen LogP contribution in [-0.2, 0) is 11.3 Å². The van der Waals surface area contributed by atoms with E-state index in [1.807, 2.05) is 27.0 Å². The molecule has 0 aliphatic rings. The van der Waals surface area contributed by atoms with Crippen molar-refractivity contribution in [2.24, 2.45) is 5.92 Å². The van der Waals surface area contributed by atoms with Crippen LogP contribution in [0, 0.1) is 12.8 Å². The summed E-state index contributed by atoms with van der Waals surface area (Å²) in [6, 6.07) is 1.54. The van der Waals surface area contributed by atoms with E-state index in [1.54, 1.807) is 17.8 Å². The number of amides is 1. The maximum absolute atomic E-state index is 12.4. The van der Waals surface area contributed by atoms with E-state index >= 15 is 0 Å². The Hall–Kier alpha value is -2.64. The van der Waals surface area contributed by atoms with Crippen molar-refractivity contribution in [3.63, 3.8) is 0 Å². The molecule has 0 aliphatic heterocycles. The predicted octanol–water partition coefficient (Wildman–Crippen LogP) is 1.85. The van der Waals surface area contributed by atoms with Gasteiger partial charge in [0.1, 0.15) is 6.54 Å². The van der Waals surface area contributed by atoms with Gasteiger partial charge in [-0.1, -0.05) is 19.0 Å². The summed E-state index contributed by atoms with van der Waals surface area (Å²) in [7, 11) is 0. The number of carbonyl (C=O) groups is 2. The number of hydrogen-bond acceptors (Lipinski definition) is 5. The van der Waals surface area contributed by atoms with Gasteiger partial charge in [-0.05, 0) is 25.3 Å². The molecule has 1 amide bonds. The molecule has 2 aromatic heterocycles. The second-order valence-corrected chi connectivity index (χ2v) is 6.49. The zero-order valence-electron chi connectivity index (χ0n) is 14.2. The van der Waals surface area contributed by atoms with Gasteiger partial charge in [0.2, 0.25) is 0 Å². The maximum atomic E-state index is 12.4. The van der Waals surface area contributed by atoms with Crippen molar-refractivity contribution in [3.05, 3.63) is 35.5 Å². The van der Waals surface area contributed by atoms with Crippen molar-refractivity contribution in [2.75, 3.05) is 0 Å². The average Bonchev–Trinajstić information content (AvgIpc) is 3.07. The fourth-order valence-corrected chi connectivity index (χ4v) is 2.24. The Bertz CT molecular complexity index is 734. The fraction of sp³-hybridized carbons (Fsp3) is 0.500. The Morgan fingerprint density at radius 2 is 2.17 bits per heavy atom. The smallest absolute Gasteiger partial charge is 0.305 e. The molecule has 2 rings (SSSR count). The minimum absolute atomic E-state index is 0.0593. The van der Waals surface area contributed by atoms with E-state index in [0.29, 0.717) is 12.3 Å². The number of aliphatic carboxylic acids is 1. The number of carbonyl (C=O) groups excluding carboxylic acids is 1. The van der Waals surface area contributed by atoms with Crippen LogP contribution in [0.2, 0.25) is 0 Å². The third-order valence-corrected chi connectivity index (χ3v) is 4.06. The Kier molecular flexibility index (Phi) is 5.06. The summed E-state index contributed by atoms with van der Waals surface area (Å²) in [5.74, 6) is -0.996. The molecule has 0 saturated heterocycles. The number of nitrogens with one attached hydrogen (secondary N) is 1. The van der Waals surface area contributed by atoms with E-state index in [2.05, 4.69) is 15.6 Å². The third-order valence-electron chi connectivity index (χ3n) is 4.06. The predicted molar refractivity (Wildman–Crippen MR) is 85.5 cm³/mol. The largest absolute Gasteiger partial charge is 0.481 e. The summed E-state index contributed by atoms with van der Waals surface area (Å²) in [5, 5.41) is 19.7. The number of aryl methyl sites for hydroxylation is 1. The van der Waals surface area contributed by atoms with Crippen molar-refractivity contribution in [2.45, 2.75) is 46.2 Å². The van der Waals surface area contributed by atoms with E-state index < -0.39 is 17.4 Å². The molecule has 8 nitrogen and oxygen atoms in total. The number of hydrogen-bond donors (Lipinski definition) is 2. The molecule has 130 valence electrons. The maximum Gasteiger partial charge on any atom is 0.305 e. The number of carboxylic acids is 1. The second-order valence-electron chi connectivity index (χ2n) is 6.49. The van der Waals surface area contributed by atoms with Crippen LogP contribution in [0.3, 0.4) is 0 Å². The monoisotopic (exact) mass is 334 g/mol. The lowest BCUT2D eigenvalue weighted by atomic mass is 9.85. The van der Waals surface area contributed by atoms with Crippen molar-refractivity contribution < 1.29 is 19.2 Å². The summed E-state index contributed by atoms with van der Waals surface area (Å²) in [5.41, 5.74) is 0.265. The van der Waals surface area contributed by atoms with Gasteiger partial charge in [0.05, 0.1) is 18.2 Å². The minimum Gasteiger partial charge on any atom is -0.481 e. The third kappa shape index (κ3) is 4.21. The zero-order valence-corrected chi connectivity index (χ0v) is 14.2. The number of carboxylic acid groups (broad SMARTS) is 1. The second kappa shape index (κ2) is 6.86. The molecule has 1 atom stereocenters. The van der Waals surface area contributed by atoms with Gasteiger partial charge in [-0.2, -0.15) is 5.10 Å². The molecule has 0 saturated carbocycles. The standard InChI is InChI=1S/C16H22N4O4/c1-10(2)16(4,6-14(21)22)18-15(23)13-5-12(24-19-13)9-20-8-11(3)7-17-20/h5,7-8,10H,6,9H2,1-4H3,(H,18,23)(H,21,22). The molecule has 0 bridgehead atoms. The molecule has 2 aromatic rings. The summed E-state index contributed by atoms with van der Waals surface area (Å²) >= 11 is 0. The van der Waals surface area contributed by atoms with E-state index in [4.69, 9.17) is 9.63 Å². The molecule has 2 heterocycles. The lowest BCUT2D eigenvalue weighted by molar-refractivity contribution is -0.138. The SMILES string of the molecule is Cc1cnn(Cc2cc(C(=O)NC(C)(CC(=O)O)C(C)C)no2)c1. The van der Waals surface area contributed by atoms with Crippen LogP contribution in [0.15, 0.2) is 23.0 Å². The van der Waals surface area contributed by atoms with Gasteiger partial charge >= 0.3 is 5.97 Å². The molecule has 0 aliphatic carbocycles. The van der Waals surface area contributed by atoms with Crippen LogP contribution in [0.5, 0.6) is 0 Å². The number of rotatable bonds is 7. The summed E-state index contributed by atoms with van der Waals surface area (Å²) in [6.07, 6.45) is 3.41. The van der Waals surface area contributed by atoms with E-state index in [1.165, 1.54) is 6.07 Å². The van der Waals surface area contributed by atoms with Gasteiger partial charge in [-0.25, -0.2) is 0 Å². The van der Waals surface area contributed by atoms with Gasteiger partial charge in [-0.3, -0.25) is 14.3 Å². The van der Waals surface area contributed by atoms with Crippen LogP contribution in [-0.4, -0.2) is 37.5 Å². The van der Waals surface area contributed by atoms with Crippen molar-refractivity contribution >= 4 is 11.9 Å². The number of nitrogens with zero attached hydrogens (tertiary/aromatic N) is 3. The lowest BCUT2D eigenvalue weighted by Gasteiger charge is -2.33. The molecule has 2 N–H and O–H groups in total. The van der Waals surface area contributed by atoms with Gasteiger partial charge in [0, 0.05) is 12.3 Å². The van der Waals surface area contributed by atoms with Crippen molar-refractivity contribution in [3.8, 4) is 0 Å². The molecular weight excluding hydrogens is 312 g/mol. The highest BCUT2D eigenvalue weighted by Gasteiger charge is 2.33. The Morgan fingerprint density at radius 1 is 1.46 bits per heavy atom. The van der Waals surface area contributed by atoms with Gasteiger partial charge in [0.15, 0.2) is 11.5 Å². The van der Waals surface area contributed by atoms with Gasteiger partial charge in [0.25, 0.3) is 5.91 Å². The highest BCUT2D eigenvalue weighted by atomic mass is 16.5. The van der Waals surface area contributed by atoms with Crippen molar-refractivity contribution in [1.29, 1.82) is 0 Å². The molecule has 8 heteroatoms. The quantitative estimate of drug-likeness (QED) is 0.799. The minimum atomic E-state index is -0.971. The molecule has 0 radical (unpaired) electrons. The molecule has 24 heavy (non-hydrogen) atoms. The van der Waals surface area contributed by atoms with Crippen LogP contribution < -0.4 is 5.32 Å². The summed E-state index contributed by atoms with van der Waals surface area (Å²) < 4.78 is 6.85. The van der Waals surface area contributed by atoms with Crippen LogP contribution >= 0.6 is 0 Å². The Labute approximate surface area is 139 Å². The highest BCUT2D eigenvalue weighted by molar-refractivity contribution is 5.93. The molecule has 0 fully saturated rings. The summed E-state index contributed by atoms with van der Waals surface area (Å²) in [6.45, 7) is 7.72. The first-order valence-electron chi connectivity index (χ1n) is 7.68. The zero-order chi connectivity index (χ0) is 17.9. The van der Waals surface area contributed by atoms with E-state index in [9.17, 15) is 9.59 Å². The first-order chi connectivity index (χ1) is 11.2. The highest BCUT2D eigenvalue weighted by Crippen LogP contribution is 2.21. The van der Waals surface area contributed by atoms with E-state index in [0.717, 1.165) is 5.56 Å². The van der Waals surface area contributed by atoms with Crippen LogP contribution in [0.4, 0.5) is 0 Å². The van der Waals surface area contributed by atoms with Crippen LogP contribution in [0.25, 0.3) is 0 Å². The number of aromatic nitrogens is 3. The Balaban J connectivity index is 2.08. The van der Waals surface area contributed by atoms with Crippen LogP contribution in [0.1, 0.15) is 49.0 Å². The first kappa shape index (κ1) is 17.7. The molecule has 0 aromatic carbocycles. The normalized spacial score (nSPS) is 13.7. The fourth-order valence-electron chi connectivity index (χ4n) is 2.24. The average molecular weight is 334 g/mol. The topological polar surface area (TPSA) is 110 Å².